The highest BCUT2D eigenvalue weighted by Crippen LogP contribution is 2.33. The Morgan fingerprint density at radius 2 is 1.77 bits per heavy atom. The van der Waals surface area contributed by atoms with Crippen molar-refractivity contribution in [2.75, 3.05) is 7.11 Å². The summed E-state index contributed by atoms with van der Waals surface area (Å²) in [5.74, 6) is 0.335. The number of aromatic nitrogens is 1. The fraction of sp³-hybridized carbons (Fsp3) is 0.125. The molecule has 0 aliphatic heterocycles. The predicted molar refractivity (Wildman–Crippen MR) is 119 cm³/mol. The Labute approximate surface area is 180 Å². The van der Waals surface area contributed by atoms with Crippen molar-refractivity contribution in [1.82, 2.24) is 9.71 Å². The molecule has 0 amide bonds. The van der Waals surface area contributed by atoms with Crippen molar-refractivity contribution in [3.8, 4) is 16.9 Å². The molecule has 0 aliphatic rings. The first-order valence-electron chi connectivity index (χ1n) is 9.65. The number of nitrogens with zero attached hydrogens (tertiary/aromatic N) is 1. The molecule has 1 N–H and O–H groups in total. The number of fused-ring (bicyclic) bond motifs is 1. The van der Waals surface area contributed by atoms with Gasteiger partial charge in [0, 0.05) is 24.3 Å². The van der Waals surface area contributed by atoms with Crippen LogP contribution in [0.15, 0.2) is 78.0 Å². The van der Waals surface area contributed by atoms with Crippen molar-refractivity contribution in [2.45, 2.75) is 18.4 Å². The Bertz CT molecular complexity index is 1350. The summed E-state index contributed by atoms with van der Waals surface area (Å²) in [5.41, 5.74) is 3.88. The van der Waals surface area contributed by atoms with Gasteiger partial charge in [0.15, 0.2) is 0 Å². The van der Waals surface area contributed by atoms with Crippen LogP contribution in [0.2, 0.25) is 0 Å². The summed E-state index contributed by atoms with van der Waals surface area (Å²) in [5, 5.41) is 1.83. The van der Waals surface area contributed by atoms with Gasteiger partial charge in [-0.1, -0.05) is 18.2 Å². The van der Waals surface area contributed by atoms with Crippen LogP contribution < -0.4 is 9.46 Å². The maximum absolute atomic E-state index is 13.1. The zero-order chi connectivity index (χ0) is 22.0. The summed E-state index contributed by atoms with van der Waals surface area (Å²) in [7, 11) is -2.13. The van der Waals surface area contributed by atoms with E-state index in [1.165, 1.54) is 12.1 Å². The van der Waals surface area contributed by atoms with Gasteiger partial charge in [-0.05, 0) is 77.0 Å². The van der Waals surface area contributed by atoms with Gasteiger partial charge in [0.25, 0.3) is 0 Å². The van der Waals surface area contributed by atoms with E-state index in [0.717, 1.165) is 50.9 Å². The van der Waals surface area contributed by atoms with Crippen LogP contribution >= 0.6 is 0 Å². The van der Waals surface area contributed by atoms with Crippen molar-refractivity contribution in [3.05, 3.63) is 90.0 Å². The zero-order valence-corrected chi connectivity index (χ0v) is 17.9. The normalized spacial score (nSPS) is 11.6. The van der Waals surface area contributed by atoms with E-state index in [4.69, 9.17) is 4.74 Å². The Kier molecular flexibility index (Phi) is 5.71. The lowest BCUT2D eigenvalue weighted by molar-refractivity contribution is 0.412. The predicted octanol–water partition coefficient (Wildman–Crippen LogP) is 4.84. The number of methoxy groups -OCH3 is 1. The number of sulfonamides is 1. The number of rotatable bonds is 6. The SMILES string of the molecule is COc1ccc(-c2ccc(CNS(=O)(=O)c3ccc(F)cc3)c3cnccc23)cc1C. The van der Waals surface area contributed by atoms with Crippen molar-refractivity contribution in [1.29, 1.82) is 0 Å². The quantitative estimate of drug-likeness (QED) is 0.470. The van der Waals surface area contributed by atoms with Gasteiger partial charge in [0.1, 0.15) is 11.6 Å². The standard InChI is InChI=1S/C24H21FN2O3S/c1-16-13-17(4-10-24(16)30-2)21-9-3-18(23-15-26-12-11-22(21)23)14-27-31(28,29)20-7-5-19(25)6-8-20/h3-13,15,27H,14H2,1-2H3. The topological polar surface area (TPSA) is 68.3 Å². The number of hydrogen-bond donors (Lipinski definition) is 1. The minimum Gasteiger partial charge on any atom is -0.496 e. The van der Waals surface area contributed by atoms with E-state index >= 15 is 0 Å². The number of halogens is 1. The Balaban J connectivity index is 1.68. The number of benzene rings is 3. The maximum atomic E-state index is 13.1. The number of pyridine rings is 1. The monoisotopic (exact) mass is 436 g/mol. The van der Waals surface area contributed by atoms with Crippen LogP contribution in [0.1, 0.15) is 11.1 Å². The highest BCUT2D eigenvalue weighted by molar-refractivity contribution is 7.89. The molecule has 1 heterocycles. The van der Waals surface area contributed by atoms with Gasteiger partial charge in [-0.2, -0.15) is 0 Å². The molecule has 3 aromatic carbocycles. The van der Waals surface area contributed by atoms with E-state index in [9.17, 15) is 12.8 Å². The van der Waals surface area contributed by atoms with E-state index in [-0.39, 0.29) is 11.4 Å². The fourth-order valence-corrected chi connectivity index (χ4v) is 4.58. The molecule has 0 fully saturated rings. The Morgan fingerprint density at radius 1 is 1.00 bits per heavy atom. The Morgan fingerprint density at radius 3 is 2.48 bits per heavy atom. The van der Waals surface area contributed by atoms with Gasteiger partial charge in [-0.25, -0.2) is 17.5 Å². The molecular formula is C24H21FN2O3S. The molecule has 0 unspecified atom stereocenters. The first-order valence-corrected chi connectivity index (χ1v) is 11.1. The van der Waals surface area contributed by atoms with Crippen LogP contribution in [0.25, 0.3) is 21.9 Å². The highest BCUT2D eigenvalue weighted by Gasteiger charge is 2.15. The fourth-order valence-electron chi connectivity index (χ4n) is 3.57. The molecule has 0 atom stereocenters. The molecule has 0 bridgehead atoms. The van der Waals surface area contributed by atoms with Crippen LogP contribution in [0.3, 0.4) is 0 Å². The van der Waals surface area contributed by atoms with E-state index in [1.54, 1.807) is 19.5 Å². The highest BCUT2D eigenvalue weighted by atomic mass is 32.2. The minimum atomic E-state index is -3.77. The summed E-state index contributed by atoms with van der Waals surface area (Å²) < 4.78 is 46.2. The van der Waals surface area contributed by atoms with E-state index in [1.807, 2.05) is 37.3 Å². The summed E-state index contributed by atoms with van der Waals surface area (Å²) in [4.78, 5) is 4.24. The molecule has 5 nitrogen and oxygen atoms in total. The van der Waals surface area contributed by atoms with Crippen LogP contribution in [0.4, 0.5) is 4.39 Å². The zero-order valence-electron chi connectivity index (χ0n) is 17.1. The Hall–Kier alpha value is -3.29. The number of hydrogen-bond acceptors (Lipinski definition) is 4. The molecule has 158 valence electrons. The first-order chi connectivity index (χ1) is 14.9. The molecule has 7 heteroatoms. The van der Waals surface area contributed by atoms with Gasteiger partial charge in [0.2, 0.25) is 10.0 Å². The van der Waals surface area contributed by atoms with E-state index in [2.05, 4.69) is 15.8 Å². The molecule has 0 saturated carbocycles. The maximum Gasteiger partial charge on any atom is 0.240 e. The van der Waals surface area contributed by atoms with Crippen molar-refractivity contribution in [3.63, 3.8) is 0 Å². The van der Waals surface area contributed by atoms with Gasteiger partial charge in [-0.15, -0.1) is 0 Å². The summed E-state index contributed by atoms with van der Waals surface area (Å²) in [6.07, 6.45) is 3.45. The van der Waals surface area contributed by atoms with Gasteiger partial charge < -0.3 is 4.74 Å². The number of ether oxygens (including phenoxy) is 1. The molecule has 4 rings (SSSR count). The lowest BCUT2D eigenvalue weighted by Crippen LogP contribution is -2.23. The second kappa shape index (κ2) is 8.45. The van der Waals surface area contributed by atoms with Crippen LogP contribution in [-0.4, -0.2) is 20.5 Å². The summed E-state index contributed by atoms with van der Waals surface area (Å²) in [6, 6.07) is 16.5. The molecular weight excluding hydrogens is 415 g/mol. The largest absolute Gasteiger partial charge is 0.496 e. The third kappa shape index (κ3) is 4.28. The van der Waals surface area contributed by atoms with Crippen molar-refractivity contribution < 1.29 is 17.5 Å². The lowest BCUT2D eigenvalue weighted by atomic mass is 9.95. The third-order valence-electron chi connectivity index (χ3n) is 5.19. The van der Waals surface area contributed by atoms with Gasteiger partial charge in [0.05, 0.1) is 12.0 Å². The average molecular weight is 437 g/mol. The average Bonchev–Trinajstić information content (AvgIpc) is 2.77. The van der Waals surface area contributed by atoms with Gasteiger partial charge in [-0.3, -0.25) is 4.98 Å². The third-order valence-corrected chi connectivity index (χ3v) is 6.61. The van der Waals surface area contributed by atoms with Gasteiger partial charge >= 0.3 is 0 Å². The molecule has 4 aromatic rings. The molecule has 31 heavy (non-hydrogen) atoms. The number of aryl methyl sites for hydroxylation is 1. The molecule has 0 spiro atoms. The van der Waals surface area contributed by atoms with Crippen molar-refractivity contribution in [2.24, 2.45) is 0 Å². The molecule has 1 aromatic heterocycles. The van der Waals surface area contributed by atoms with Crippen molar-refractivity contribution >= 4 is 20.8 Å². The van der Waals surface area contributed by atoms with Crippen LogP contribution in [-0.2, 0) is 16.6 Å². The molecule has 0 saturated heterocycles. The lowest BCUT2D eigenvalue weighted by Gasteiger charge is -2.14. The first kappa shape index (κ1) is 21.0. The van der Waals surface area contributed by atoms with Crippen LogP contribution in [0, 0.1) is 12.7 Å². The summed E-state index contributed by atoms with van der Waals surface area (Å²) >= 11 is 0. The van der Waals surface area contributed by atoms with Crippen LogP contribution in [0.5, 0.6) is 5.75 Å². The molecule has 0 radical (unpaired) electrons. The smallest absolute Gasteiger partial charge is 0.240 e. The van der Waals surface area contributed by atoms with E-state index < -0.39 is 15.8 Å². The minimum absolute atomic E-state index is 0.0154. The van der Waals surface area contributed by atoms with E-state index in [0.29, 0.717) is 0 Å². The molecule has 0 aliphatic carbocycles. The second-order valence-electron chi connectivity index (χ2n) is 7.16. The second-order valence-corrected chi connectivity index (χ2v) is 8.92. The number of nitrogens with one attached hydrogen (secondary N) is 1. The summed E-state index contributed by atoms with van der Waals surface area (Å²) in [6.45, 7) is 2.08.